The number of aliphatic imine (C=N–C) groups is 1. The molecular weight excluding hydrogens is 324 g/mol. The molecule has 1 aromatic heterocycles. The van der Waals surface area contributed by atoms with E-state index < -0.39 is 11.4 Å². The van der Waals surface area contributed by atoms with E-state index >= 15 is 0 Å². The van der Waals surface area contributed by atoms with Crippen molar-refractivity contribution in [2.45, 2.75) is 6.42 Å². The van der Waals surface area contributed by atoms with Gasteiger partial charge in [-0.3, -0.25) is 4.98 Å². The summed E-state index contributed by atoms with van der Waals surface area (Å²) in [4.78, 5) is 9.26. The molecule has 0 spiro atoms. The second-order valence-electron chi connectivity index (χ2n) is 5.54. The second kappa shape index (κ2) is 6.14. The molecule has 1 aromatic carbocycles. The molecule has 0 N–H and O–H groups in total. The van der Waals surface area contributed by atoms with E-state index in [9.17, 15) is 8.76 Å². The molecule has 4 rings (SSSR count). The molecule has 0 amide bonds. The molecule has 0 fully saturated rings. The molecule has 2 atom stereocenters. The topological polar surface area (TPSA) is 74.6 Å². The van der Waals surface area contributed by atoms with Gasteiger partial charge in [0.05, 0.1) is 16.8 Å². The van der Waals surface area contributed by atoms with Crippen molar-refractivity contribution in [3.8, 4) is 5.75 Å². The van der Waals surface area contributed by atoms with Crippen molar-refractivity contribution >= 4 is 28.8 Å². The maximum atomic E-state index is 10.7. The Labute approximate surface area is 141 Å². The average Bonchev–Trinajstić information content (AvgIpc) is 2.61. The molecular formula is C18H13N2O3S-. The first-order valence-corrected chi connectivity index (χ1v) is 8.51. The van der Waals surface area contributed by atoms with Gasteiger partial charge in [0.2, 0.25) is 0 Å². The third kappa shape index (κ3) is 2.81. The Kier molecular flexibility index (Phi) is 3.84. The van der Waals surface area contributed by atoms with Gasteiger partial charge in [-0.15, -0.1) is 0 Å². The number of hydrogen-bond acceptors (Lipinski definition) is 5. The fourth-order valence-corrected chi connectivity index (χ4v) is 3.22. The van der Waals surface area contributed by atoms with Crippen molar-refractivity contribution in [2.24, 2.45) is 10.9 Å². The summed E-state index contributed by atoms with van der Waals surface area (Å²) >= 11 is -2.59. The summed E-state index contributed by atoms with van der Waals surface area (Å²) in [6.45, 7) is 0. The summed E-state index contributed by atoms with van der Waals surface area (Å²) in [6.07, 6.45) is 8.93. The first-order valence-electron chi connectivity index (χ1n) is 7.51. The van der Waals surface area contributed by atoms with Crippen LogP contribution >= 0.6 is 0 Å². The van der Waals surface area contributed by atoms with Gasteiger partial charge in [0, 0.05) is 17.7 Å². The molecule has 24 heavy (non-hydrogen) atoms. The third-order valence-electron chi connectivity index (χ3n) is 4.05. The largest absolute Gasteiger partial charge is 0.740 e. The highest BCUT2D eigenvalue weighted by atomic mass is 32.2. The van der Waals surface area contributed by atoms with Crippen molar-refractivity contribution in [2.75, 3.05) is 0 Å². The molecule has 5 nitrogen and oxygen atoms in total. The van der Waals surface area contributed by atoms with Crippen molar-refractivity contribution in [1.29, 1.82) is 0 Å². The van der Waals surface area contributed by atoms with Gasteiger partial charge in [-0.05, 0) is 35.9 Å². The van der Waals surface area contributed by atoms with E-state index in [-0.39, 0.29) is 11.7 Å². The number of pyridine rings is 1. The van der Waals surface area contributed by atoms with Gasteiger partial charge in [-0.25, -0.2) is 9.20 Å². The molecule has 0 saturated carbocycles. The first kappa shape index (κ1) is 15.0. The van der Waals surface area contributed by atoms with E-state index in [0.29, 0.717) is 0 Å². The van der Waals surface area contributed by atoms with Crippen LogP contribution < -0.4 is 14.8 Å². The van der Waals surface area contributed by atoms with Crippen molar-refractivity contribution < 1.29 is 12.9 Å². The molecule has 6 heteroatoms. The SMILES string of the molecule is O=S([O-])Oc1cccc(C2=NC3=c4ncccc4=CCC3C=C2)c1. The summed E-state index contributed by atoms with van der Waals surface area (Å²) in [7, 11) is 0. The number of fused-ring (bicyclic) bond motifs is 2. The van der Waals surface area contributed by atoms with Gasteiger partial charge >= 0.3 is 0 Å². The lowest BCUT2D eigenvalue weighted by atomic mass is 9.92. The van der Waals surface area contributed by atoms with E-state index in [0.717, 1.165) is 34.0 Å². The van der Waals surface area contributed by atoms with Gasteiger partial charge in [0.15, 0.2) is 0 Å². The second-order valence-corrected chi connectivity index (χ2v) is 6.12. The van der Waals surface area contributed by atoms with Crippen molar-refractivity contribution in [3.05, 3.63) is 70.9 Å². The van der Waals surface area contributed by atoms with Crippen molar-refractivity contribution in [1.82, 2.24) is 4.98 Å². The van der Waals surface area contributed by atoms with Crippen LogP contribution in [-0.2, 0) is 11.4 Å². The lowest BCUT2D eigenvalue weighted by molar-refractivity contribution is 0.440. The molecule has 1 aliphatic carbocycles. The van der Waals surface area contributed by atoms with Crippen LogP contribution in [0.15, 0.2) is 59.7 Å². The maximum Gasteiger partial charge on any atom is 0.139 e. The van der Waals surface area contributed by atoms with Gasteiger partial charge in [0.1, 0.15) is 17.1 Å². The summed E-state index contributed by atoms with van der Waals surface area (Å²) in [5, 5.41) is 2.00. The lowest BCUT2D eigenvalue weighted by Crippen LogP contribution is -2.35. The summed E-state index contributed by atoms with van der Waals surface area (Å²) in [5.74, 6) is 0.490. The zero-order chi connectivity index (χ0) is 16.5. The predicted octanol–water partition coefficient (Wildman–Crippen LogP) is 1.22. The predicted molar refractivity (Wildman–Crippen MR) is 91.1 cm³/mol. The maximum absolute atomic E-state index is 10.7. The van der Waals surface area contributed by atoms with Crippen LogP contribution in [0.1, 0.15) is 12.0 Å². The third-order valence-corrected chi connectivity index (χ3v) is 4.37. The van der Waals surface area contributed by atoms with E-state index in [1.807, 2.05) is 24.3 Å². The quantitative estimate of drug-likeness (QED) is 0.790. The summed E-state index contributed by atoms with van der Waals surface area (Å²) in [5.41, 5.74) is 2.51. The van der Waals surface area contributed by atoms with Crippen LogP contribution in [0, 0.1) is 5.92 Å². The van der Waals surface area contributed by atoms with E-state index in [2.05, 4.69) is 17.1 Å². The van der Waals surface area contributed by atoms with E-state index in [1.165, 1.54) is 0 Å². The zero-order valence-corrected chi connectivity index (χ0v) is 13.4. The number of nitrogens with zero attached hydrogens (tertiary/aromatic N) is 2. The normalized spacial score (nSPS) is 19.6. The average molecular weight is 337 g/mol. The van der Waals surface area contributed by atoms with Crippen LogP contribution in [0.5, 0.6) is 5.75 Å². The van der Waals surface area contributed by atoms with Gasteiger partial charge in [-0.2, -0.15) is 0 Å². The van der Waals surface area contributed by atoms with E-state index in [1.54, 1.807) is 24.4 Å². The number of aromatic nitrogens is 1. The van der Waals surface area contributed by atoms with Crippen LogP contribution in [0.2, 0.25) is 0 Å². The number of allylic oxidation sites excluding steroid dienone is 1. The smallest absolute Gasteiger partial charge is 0.139 e. The standard InChI is InChI=1S/C18H14N2O3S/c21-24(22)23-15-5-1-3-14(11-15)16-9-8-13-7-6-12-4-2-10-19-17(12)18(13)20-16/h1-6,8-11,13H,7H2,(H,21,22)/p-1. The Bertz CT molecular complexity index is 1010. The Hall–Kier alpha value is -2.57. The summed E-state index contributed by atoms with van der Waals surface area (Å²) in [6, 6.07) is 10.8. The fourth-order valence-electron chi connectivity index (χ4n) is 2.96. The highest BCUT2D eigenvalue weighted by Gasteiger charge is 2.20. The molecule has 120 valence electrons. The number of dihydropyridines is 1. The molecule has 0 bridgehead atoms. The molecule has 2 unspecified atom stereocenters. The Morgan fingerprint density at radius 3 is 3.04 bits per heavy atom. The number of benzene rings is 1. The fraction of sp³-hybridized carbons (Fsp3) is 0.111. The van der Waals surface area contributed by atoms with Crippen LogP contribution in [0.4, 0.5) is 0 Å². The first-order chi connectivity index (χ1) is 11.7. The highest BCUT2D eigenvalue weighted by molar-refractivity contribution is 7.74. The zero-order valence-electron chi connectivity index (χ0n) is 12.6. The van der Waals surface area contributed by atoms with Crippen molar-refractivity contribution in [3.63, 3.8) is 0 Å². The Morgan fingerprint density at radius 2 is 2.17 bits per heavy atom. The Balaban J connectivity index is 1.81. The monoisotopic (exact) mass is 337 g/mol. The van der Waals surface area contributed by atoms with Crippen LogP contribution in [0.3, 0.4) is 0 Å². The van der Waals surface area contributed by atoms with Crippen LogP contribution in [-0.4, -0.2) is 19.5 Å². The molecule has 2 aromatic rings. The number of hydrogen-bond donors (Lipinski definition) is 0. The minimum Gasteiger partial charge on any atom is -0.740 e. The summed E-state index contributed by atoms with van der Waals surface area (Å²) < 4.78 is 26.1. The Morgan fingerprint density at radius 1 is 1.25 bits per heavy atom. The number of rotatable bonds is 3. The molecule has 1 aliphatic heterocycles. The minimum atomic E-state index is -2.59. The molecule has 0 saturated heterocycles. The molecule has 2 heterocycles. The molecule has 2 aliphatic rings. The van der Waals surface area contributed by atoms with Gasteiger partial charge in [0.25, 0.3) is 0 Å². The van der Waals surface area contributed by atoms with Crippen LogP contribution in [0.25, 0.3) is 11.8 Å². The van der Waals surface area contributed by atoms with Gasteiger partial charge < -0.3 is 8.74 Å². The van der Waals surface area contributed by atoms with E-state index in [4.69, 9.17) is 9.18 Å². The van der Waals surface area contributed by atoms with Gasteiger partial charge in [-0.1, -0.05) is 30.4 Å². The highest BCUT2D eigenvalue weighted by Crippen LogP contribution is 2.26. The minimum absolute atomic E-state index is 0.227. The lowest BCUT2D eigenvalue weighted by Gasteiger charge is -2.20. The molecule has 0 radical (unpaired) electrons.